The molecule has 1 fully saturated rings. The molecule has 0 radical (unpaired) electrons. The van der Waals surface area contributed by atoms with Gasteiger partial charge < -0.3 is 9.47 Å². The van der Waals surface area contributed by atoms with Gasteiger partial charge in [-0.1, -0.05) is 18.2 Å². The summed E-state index contributed by atoms with van der Waals surface area (Å²) in [4.78, 5) is 19.2. The zero-order valence-electron chi connectivity index (χ0n) is 14.2. The fraction of sp³-hybridized carbons (Fsp3) is 0.158. The first-order valence-electron chi connectivity index (χ1n) is 7.65. The Hall–Kier alpha value is -2.73. The number of carbonyl (C=O) groups is 1. The minimum absolute atomic E-state index is 0.0856. The highest BCUT2D eigenvalue weighted by Crippen LogP contribution is 2.35. The SMILES string of the molecule is COc1ccc(/C=C2/SC(=Nc3ccccc3)N(C)C2=O)c(OC)c1. The first-order valence-corrected chi connectivity index (χ1v) is 8.47. The van der Waals surface area contributed by atoms with Gasteiger partial charge in [-0.15, -0.1) is 0 Å². The Morgan fingerprint density at radius 1 is 1.08 bits per heavy atom. The van der Waals surface area contributed by atoms with Gasteiger partial charge in [0.15, 0.2) is 5.17 Å². The molecule has 3 rings (SSSR count). The van der Waals surface area contributed by atoms with E-state index in [9.17, 15) is 4.79 Å². The third kappa shape index (κ3) is 3.69. The number of aliphatic imine (C=N–C) groups is 1. The van der Waals surface area contributed by atoms with Crippen molar-refractivity contribution in [3.05, 3.63) is 59.0 Å². The van der Waals surface area contributed by atoms with Crippen molar-refractivity contribution in [3.63, 3.8) is 0 Å². The van der Waals surface area contributed by atoms with E-state index in [0.717, 1.165) is 11.3 Å². The quantitative estimate of drug-likeness (QED) is 0.781. The summed E-state index contributed by atoms with van der Waals surface area (Å²) in [5.74, 6) is 1.27. The molecule has 128 valence electrons. The number of para-hydroxylation sites is 1. The number of hydrogen-bond acceptors (Lipinski definition) is 5. The average molecular weight is 354 g/mol. The van der Waals surface area contributed by atoms with Crippen molar-refractivity contribution in [2.45, 2.75) is 0 Å². The predicted molar refractivity (Wildman–Crippen MR) is 101 cm³/mol. The fourth-order valence-electron chi connectivity index (χ4n) is 2.34. The van der Waals surface area contributed by atoms with E-state index < -0.39 is 0 Å². The number of methoxy groups -OCH3 is 2. The lowest BCUT2D eigenvalue weighted by atomic mass is 10.1. The summed E-state index contributed by atoms with van der Waals surface area (Å²) in [6.45, 7) is 0. The van der Waals surface area contributed by atoms with Crippen molar-refractivity contribution in [2.75, 3.05) is 21.3 Å². The molecule has 2 aromatic carbocycles. The largest absolute Gasteiger partial charge is 0.497 e. The molecule has 1 aliphatic rings. The molecule has 0 bridgehead atoms. The minimum atomic E-state index is -0.0856. The van der Waals surface area contributed by atoms with Crippen LogP contribution in [-0.2, 0) is 4.79 Å². The number of rotatable bonds is 4. The van der Waals surface area contributed by atoms with E-state index in [1.54, 1.807) is 32.2 Å². The Labute approximate surface area is 151 Å². The first kappa shape index (κ1) is 17.1. The number of carbonyl (C=O) groups excluding carboxylic acids is 1. The van der Waals surface area contributed by atoms with E-state index in [-0.39, 0.29) is 5.91 Å². The van der Waals surface area contributed by atoms with E-state index in [0.29, 0.717) is 21.6 Å². The molecule has 0 N–H and O–H groups in total. The van der Waals surface area contributed by atoms with E-state index in [4.69, 9.17) is 9.47 Å². The molecule has 0 saturated carbocycles. The van der Waals surface area contributed by atoms with Gasteiger partial charge in [0.25, 0.3) is 5.91 Å². The fourth-order valence-corrected chi connectivity index (χ4v) is 3.32. The summed E-state index contributed by atoms with van der Waals surface area (Å²) in [6, 6.07) is 15.1. The lowest BCUT2D eigenvalue weighted by Gasteiger charge is -2.08. The number of amides is 1. The van der Waals surface area contributed by atoms with Crippen molar-refractivity contribution in [1.82, 2.24) is 4.90 Å². The van der Waals surface area contributed by atoms with Crippen LogP contribution in [0.5, 0.6) is 11.5 Å². The van der Waals surface area contributed by atoms with Crippen molar-refractivity contribution in [2.24, 2.45) is 4.99 Å². The first-order chi connectivity index (χ1) is 12.1. The van der Waals surface area contributed by atoms with Crippen LogP contribution in [0.15, 0.2) is 58.4 Å². The van der Waals surface area contributed by atoms with Gasteiger partial charge in [0, 0.05) is 18.7 Å². The number of ether oxygens (including phenoxy) is 2. The highest BCUT2D eigenvalue weighted by molar-refractivity contribution is 8.18. The number of hydrogen-bond donors (Lipinski definition) is 0. The minimum Gasteiger partial charge on any atom is -0.497 e. The molecule has 5 nitrogen and oxygen atoms in total. The Bertz CT molecular complexity index is 847. The lowest BCUT2D eigenvalue weighted by Crippen LogP contribution is -2.23. The van der Waals surface area contributed by atoms with Crippen LogP contribution in [0.1, 0.15) is 5.56 Å². The van der Waals surface area contributed by atoms with Crippen molar-refractivity contribution in [1.29, 1.82) is 0 Å². The van der Waals surface area contributed by atoms with E-state index >= 15 is 0 Å². The van der Waals surface area contributed by atoms with Crippen LogP contribution in [0, 0.1) is 0 Å². The molecule has 1 amide bonds. The van der Waals surface area contributed by atoms with Gasteiger partial charge in [0.2, 0.25) is 0 Å². The van der Waals surface area contributed by atoms with Gasteiger partial charge >= 0.3 is 0 Å². The second-order valence-corrected chi connectivity index (χ2v) is 6.32. The maximum absolute atomic E-state index is 12.5. The molecule has 25 heavy (non-hydrogen) atoms. The Morgan fingerprint density at radius 3 is 2.52 bits per heavy atom. The highest BCUT2D eigenvalue weighted by Gasteiger charge is 2.30. The average Bonchev–Trinajstić information content (AvgIpc) is 2.91. The van der Waals surface area contributed by atoms with Gasteiger partial charge in [-0.2, -0.15) is 0 Å². The molecule has 0 spiro atoms. The number of nitrogens with zero attached hydrogens (tertiary/aromatic N) is 2. The molecular weight excluding hydrogens is 336 g/mol. The van der Waals surface area contributed by atoms with Crippen LogP contribution < -0.4 is 9.47 Å². The smallest absolute Gasteiger partial charge is 0.266 e. The normalized spacial score (nSPS) is 17.4. The van der Waals surface area contributed by atoms with Crippen LogP contribution in [0.25, 0.3) is 6.08 Å². The van der Waals surface area contributed by atoms with Crippen LogP contribution in [0.3, 0.4) is 0 Å². The van der Waals surface area contributed by atoms with Gasteiger partial charge in [0.1, 0.15) is 11.5 Å². The number of benzene rings is 2. The summed E-state index contributed by atoms with van der Waals surface area (Å²) in [6.07, 6.45) is 1.81. The number of likely N-dealkylation sites (N-methyl/N-ethyl adjacent to an activating group) is 1. The Balaban J connectivity index is 1.92. The van der Waals surface area contributed by atoms with Crippen molar-refractivity contribution < 1.29 is 14.3 Å². The number of thioether (sulfide) groups is 1. The van der Waals surface area contributed by atoms with Crippen LogP contribution >= 0.6 is 11.8 Å². The maximum atomic E-state index is 12.5. The van der Waals surface area contributed by atoms with E-state index in [1.165, 1.54) is 11.8 Å². The molecule has 1 aliphatic heterocycles. The Morgan fingerprint density at radius 2 is 1.84 bits per heavy atom. The molecule has 1 saturated heterocycles. The van der Waals surface area contributed by atoms with Gasteiger partial charge in [0.05, 0.1) is 24.8 Å². The molecule has 0 aliphatic carbocycles. The zero-order chi connectivity index (χ0) is 17.8. The third-order valence-electron chi connectivity index (χ3n) is 3.71. The summed E-state index contributed by atoms with van der Waals surface area (Å²) in [5.41, 5.74) is 1.63. The molecular formula is C19H18N2O3S. The van der Waals surface area contributed by atoms with E-state index in [2.05, 4.69) is 4.99 Å². The Kier molecular flexibility index (Phi) is 5.09. The van der Waals surface area contributed by atoms with Crippen LogP contribution in [0.4, 0.5) is 5.69 Å². The predicted octanol–water partition coefficient (Wildman–Crippen LogP) is 3.94. The number of amidine groups is 1. The van der Waals surface area contributed by atoms with Gasteiger partial charge in [-0.3, -0.25) is 9.69 Å². The molecule has 0 atom stereocenters. The molecule has 6 heteroatoms. The lowest BCUT2D eigenvalue weighted by molar-refractivity contribution is -0.121. The topological polar surface area (TPSA) is 51.1 Å². The third-order valence-corrected chi connectivity index (χ3v) is 4.77. The summed E-state index contributed by atoms with van der Waals surface area (Å²) < 4.78 is 10.6. The van der Waals surface area contributed by atoms with Crippen molar-refractivity contribution in [3.8, 4) is 11.5 Å². The van der Waals surface area contributed by atoms with Crippen LogP contribution in [-0.4, -0.2) is 37.2 Å². The second kappa shape index (κ2) is 7.44. The van der Waals surface area contributed by atoms with Gasteiger partial charge in [-0.05, 0) is 42.1 Å². The highest BCUT2D eigenvalue weighted by atomic mass is 32.2. The summed E-state index contributed by atoms with van der Waals surface area (Å²) in [5, 5.41) is 0.648. The molecule has 0 unspecified atom stereocenters. The van der Waals surface area contributed by atoms with Crippen LogP contribution in [0.2, 0.25) is 0 Å². The maximum Gasteiger partial charge on any atom is 0.266 e. The zero-order valence-corrected chi connectivity index (χ0v) is 15.0. The second-order valence-electron chi connectivity index (χ2n) is 5.31. The van der Waals surface area contributed by atoms with Crippen molar-refractivity contribution >= 4 is 34.6 Å². The van der Waals surface area contributed by atoms with Gasteiger partial charge in [-0.25, -0.2) is 4.99 Å². The standard InChI is InChI=1S/C19H18N2O3S/c1-21-18(22)17(25-19(21)20-14-7-5-4-6-8-14)11-13-9-10-15(23-2)12-16(13)24-3/h4-12H,1-3H3/b17-11+,20-19?. The summed E-state index contributed by atoms with van der Waals surface area (Å²) in [7, 11) is 4.92. The molecule has 1 heterocycles. The summed E-state index contributed by atoms with van der Waals surface area (Å²) >= 11 is 1.35. The molecule has 0 aromatic heterocycles. The monoisotopic (exact) mass is 354 g/mol. The molecule has 2 aromatic rings. The van der Waals surface area contributed by atoms with E-state index in [1.807, 2.05) is 48.5 Å².